The Morgan fingerprint density at radius 1 is 1.32 bits per heavy atom. The molecule has 4 nitrogen and oxygen atoms in total. The predicted molar refractivity (Wildman–Crippen MR) is 73.5 cm³/mol. The minimum Gasteiger partial charge on any atom is -0.490 e. The van der Waals surface area contributed by atoms with Gasteiger partial charge in [0.05, 0.1) is 6.61 Å². The number of hydrogen-bond acceptors (Lipinski definition) is 4. The Morgan fingerprint density at radius 3 is 2.79 bits per heavy atom. The molecule has 104 valence electrons. The number of carbonyl (C=O) groups excluding carboxylic acids is 1. The van der Waals surface area contributed by atoms with Crippen molar-refractivity contribution in [3.8, 4) is 11.5 Å². The highest BCUT2D eigenvalue weighted by atomic mass is 16.6. The Balaban J connectivity index is 1.83. The lowest BCUT2D eigenvalue weighted by molar-refractivity contribution is -0.132. The van der Waals surface area contributed by atoms with E-state index in [0.717, 1.165) is 13.0 Å². The van der Waals surface area contributed by atoms with Crippen LogP contribution < -0.4 is 14.8 Å². The predicted octanol–water partition coefficient (Wildman–Crippen LogP) is 2.52. The SMILES string of the molecule is CC(=O)Oc1ccccc1OCCC1CCCCN1. The molecule has 1 aromatic rings. The van der Waals surface area contributed by atoms with Crippen LogP contribution in [-0.4, -0.2) is 25.2 Å². The van der Waals surface area contributed by atoms with E-state index in [9.17, 15) is 4.79 Å². The van der Waals surface area contributed by atoms with Gasteiger partial charge in [0.1, 0.15) is 0 Å². The molecule has 2 rings (SSSR count). The molecule has 19 heavy (non-hydrogen) atoms. The molecule has 1 aliphatic heterocycles. The third-order valence-electron chi connectivity index (χ3n) is 3.24. The maximum atomic E-state index is 11.0. The average Bonchev–Trinajstić information content (AvgIpc) is 2.41. The molecule has 1 heterocycles. The van der Waals surface area contributed by atoms with Crippen LogP contribution in [0.4, 0.5) is 0 Å². The number of carbonyl (C=O) groups is 1. The van der Waals surface area contributed by atoms with Crippen molar-refractivity contribution in [1.82, 2.24) is 5.32 Å². The number of rotatable bonds is 5. The lowest BCUT2D eigenvalue weighted by Gasteiger charge is -2.23. The molecule has 1 fully saturated rings. The summed E-state index contributed by atoms with van der Waals surface area (Å²) in [5, 5.41) is 3.49. The number of piperidine rings is 1. The molecule has 1 saturated heterocycles. The van der Waals surface area contributed by atoms with E-state index in [0.29, 0.717) is 24.1 Å². The van der Waals surface area contributed by atoms with Crippen LogP contribution in [0, 0.1) is 0 Å². The maximum absolute atomic E-state index is 11.0. The van der Waals surface area contributed by atoms with Crippen LogP contribution >= 0.6 is 0 Å². The Hall–Kier alpha value is -1.55. The van der Waals surface area contributed by atoms with Gasteiger partial charge in [0.25, 0.3) is 0 Å². The van der Waals surface area contributed by atoms with E-state index in [1.54, 1.807) is 6.07 Å². The first kappa shape index (κ1) is 13.9. The zero-order chi connectivity index (χ0) is 13.5. The van der Waals surface area contributed by atoms with E-state index in [4.69, 9.17) is 9.47 Å². The first-order valence-electron chi connectivity index (χ1n) is 6.89. The second kappa shape index (κ2) is 7.14. The molecular formula is C15H21NO3. The molecule has 1 aliphatic rings. The summed E-state index contributed by atoms with van der Waals surface area (Å²) in [7, 11) is 0. The summed E-state index contributed by atoms with van der Waals surface area (Å²) in [6.45, 7) is 3.13. The fourth-order valence-corrected chi connectivity index (χ4v) is 2.29. The summed E-state index contributed by atoms with van der Waals surface area (Å²) in [6, 6.07) is 7.83. The highest BCUT2D eigenvalue weighted by Gasteiger charge is 2.13. The summed E-state index contributed by atoms with van der Waals surface area (Å²) < 4.78 is 10.8. The number of benzene rings is 1. The van der Waals surface area contributed by atoms with Gasteiger partial charge in [-0.1, -0.05) is 18.6 Å². The molecule has 0 aliphatic carbocycles. The summed E-state index contributed by atoms with van der Waals surface area (Å²) in [5.41, 5.74) is 0. The highest BCUT2D eigenvalue weighted by Crippen LogP contribution is 2.26. The monoisotopic (exact) mass is 263 g/mol. The van der Waals surface area contributed by atoms with Crippen LogP contribution in [0.3, 0.4) is 0 Å². The van der Waals surface area contributed by atoms with Crippen LogP contribution in [0.25, 0.3) is 0 Å². The second-order valence-corrected chi connectivity index (χ2v) is 4.82. The van der Waals surface area contributed by atoms with Crippen molar-refractivity contribution in [1.29, 1.82) is 0 Å². The molecule has 1 atom stereocenters. The third-order valence-corrected chi connectivity index (χ3v) is 3.24. The highest BCUT2D eigenvalue weighted by molar-refractivity contribution is 5.70. The van der Waals surface area contributed by atoms with Crippen molar-refractivity contribution in [3.05, 3.63) is 24.3 Å². The van der Waals surface area contributed by atoms with E-state index < -0.39 is 0 Å². The minimum absolute atomic E-state index is 0.329. The van der Waals surface area contributed by atoms with Crippen molar-refractivity contribution in [3.63, 3.8) is 0 Å². The number of ether oxygens (including phenoxy) is 2. The zero-order valence-electron chi connectivity index (χ0n) is 11.4. The first-order chi connectivity index (χ1) is 9.25. The minimum atomic E-state index is -0.329. The summed E-state index contributed by atoms with van der Waals surface area (Å²) in [4.78, 5) is 11.0. The molecule has 1 unspecified atom stereocenters. The summed E-state index contributed by atoms with van der Waals surface area (Å²) in [5.74, 6) is 0.796. The molecule has 0 aromatic heterocycles. The van der Waals surface area contributed by atoms with Gasteiger partial charge in [0.2, 0.25) is 0 Å². The Kier molecular flexibility index (Phi) is 5.21. The number of para-hydroxylation sites is 2. The lowest BCUT2D eigenvalue weighted by Crippen LogP contribution is -2.35. The van der Waals surface area contributed by atoms with Crippen LogP contribution in [0.5, 0.6) is 11.5 Å². The van der Waals surface area contributed by atoms with Crippen molar-refractivity contribution in [2.75, 3.05) is 13.2 Å². The van der Waals surface area contributed by atoms with E-state index in [1.807, 2.05) is 18.2 Å². The van der Waals surface area contributed by atoms with Crippen LogP contribution in [0.2, 0.25) is 0 Å². The lowest BCUT2D eigenvalue weighted by atomic mass is 10.0. The largest absolute Gasteiger partial charge is 0.490 e. The Bertz CT molecular complexity index is 414. The van der Waals surface area contributed by atoms with Gasteiger partial charge in [-0.2, -0.15) is 0 Å². The van der Waals surface area contributed by atoms with Crippen LogP contribution in [0.15, 0.2) is 24.3 Å². The van der Waals surface area contributed by atoms with Gasteiger partial charge in [-0.05, 0) is 37.9 Å². The smallest absolute Gasteiger partial charge is 0.308 e. The van der Waals surface area contributed by atoms with Gasteiger partial charge >= 0.3 is 5.97 Å². The Labute approximate surface area is 114 Å². The van der Waals surface area contributed by atoms with Gasteiger partial charge < -0.3 is 14.8 Å². The third kappa shape index (κ3) is 4.56. The normalized spacial score (nSPS) is 18.9. The fourth-order valence-electron chi connectivity index (χ4n) is 2.29. The van der Waals surface area contributed by atoms with Gasteiger partial charge in [-0.15, -0.1) is 0 Å². The van der Waals surface area contributed by atoms with Gasteiger partial charge in [0.15, 0.2) is 11.5 Å². The first-order valence-corrected chi connectivity index (χ1v) is 6.89. The van der Waals surface area contributed by atoms with Crippen LogP contribution in [-0.2, 0) is 4.79 Å². The molecule has 0 spiro atoms. The summed E-state index contributed by atoms with van der Waals surface area (Å²) in [6.07, 6.45) is 4.76. The van der Waals surface area contributed by atoms with Gasteiger partial charge in [-0.3, -0.25) is 4.79 Å². The number of hydrogen-bond donors (Lipinski definition) is 1. The van der Waals surface area contributed by atoms with E-state index in [2.05, 4.69) is 5.32 Å². The average molecular weight is 263 g/mol. The van der Waals surface area contributed by atoms with Crippen molar-refractivity contribution in [2.45, 2.75) is 38.6 Å². The van der Waals surface area contributed by atoms with E-state index in [-0.39, 0.29) is 5.97 Å². The van der Waals surface area contributed by atoms with E-state index in [1.165, 1.54) is 26.2 Å². The van der Waals surface area contributed by atoms with Crippen molar-refractivity contribution >= 4 is 5.97 Å². The number of nitrogens with one attached hydrogen (secondary N) is 1. The molecular weight excluding hydrogens is 242 g/mol. The second-order valence-electron chi connectivity index (χ2n) is 4.82. The van der Waals surface area contributed by atoms with Gasteiger partial charge in [0, 0.05) is 13.0 Å². The molecule has 0 amide bonds. The Morgan fingerprint density at radius 2 is 2.11 bits per heavy atom. The van der Waals surface area contributed by atoms with Crippen molar-refractivity contribution < 1.29 is 14.3 Å². The fraction of sp³-hybridized carbons (Fsp3) is 0.533. The molecule has 1 N–H and O–H groups in total. The molecule has 0 saturated carbocycles. The molecule has 0 radical (unpaired) electrons. The zero-order valence-corrected chi connectivity index (χ0v) is 11.4. The molecule has 0 bridgehead atoms. The molecule has 4 heteroatoms. The van der Waals surface area contributed by atoms with E-state index >= 15 is 0 Å². The van der Waals surface area contributed by atoms with Crippen molar-refractivity contribution in [2.24, 2.45) is 0 Å². The topological polar surface area (TPSA) is 47.6 Å². The number of esters is 1. The molecule has 1 aromatic carbocycles. The quantitative estimate of drug-likeness (QED) is 0.655. The standard InChI is InChI=1S/C15H21NO3/c1-12(17)19-15-8-3-2-7-14(15)18-11-9-13-6-4-5-10-16-13/h2-3,7-8,13,16H,4-6,9-11H2,1H3. The maximum Gasteiger partial charge on any atom is 0.308 e. The van der Waals surface area contributed by atoms with Crippen LogP contribution in [0.1, 0.15) is 32.6 Å². The summed E-state index contributed by atoms with van der Waals surface area (Å²) >= 11 is 0. The van der Waals surface area contributed by atoms with Gasteiger partial charge in [-0.25, -0.2) is 0 Å².